The van der Waals surface area contributed by atoms with Gasteiger partial charge in [-0.15, -0.1) is 0 Å². The molecule has 2 N–H and O–H groups in total. The van der Waals surface area contributed by atoms with E-state index in [-0.39, 0.29) is 6.04 Å². The first kappa shape index (κ1) is 10.7. The van der Waals surface area contributed by atoms with Crippen molar-refractivity contribution in [1.29, 1.82) is 0 Å². The molecule has 0 unspecified atom stereocenters. The smallest absolute Gasteiger partial charge is 0.177 e. The van der Waals surface area contributed by atoms with Gasteiger partial charge in [0.05, 0.1) is 11.6 Å². The number of rotatable bonds is 3. The highest BCUT2D eigenvalue weighted by Crippen LogP contribution is 2.40. The number of nitrogens with two attached hydrogens (primary N) is 1. The lowest BCUT2D eigenvalue weighted by atomic mass is 10.1. The Morgan fingerprint density at radius 3 is 2.82 bits per heavy atom. The molecular weight excluding hydrogens is 212 g/mol. The predicted octanol–water partition coefficient (Wildman–Crippen LogP) is 2.42. The van der Waals surface area contributed by atoms with Gasteiger partial charge in [-0.05, 0) is 30.9 Å². The van der Waals surface area contributed by atoms with Crippen molar-refractivity contribution in [3.8, 4) is 0 Å². The second kappa shape index (κ2) is 3.81. The van der Waals surface area contributed by atoms with E-state index in [4.69, 9.17) is 5.73 Å². The minimum Gasteiger partial charge on any atom is -0.322 e. The Morgan fingerprint density at radius 1 is 1.41 bits per heavy atom. The monoisotopic (exact) mass is 230 g/mol. The van der Waals surface area contributed by atoms with Gasteiger partial charge < -0.3 is 10.3 Å². The van der Waals surface area contributed by atoms with Gasteiger partial charge in [0.15, 0.2) is 5.65 Å². The highest BCUT2D eigenvalue weighted by atomic mass is 15.2. The average Bonchev–Trinajstić information content (AvgIpc) is 3.08. The number of pyridine rings is 1. The summed E-state index contributed by atoms with van der Waals surface area (Å²) in [6, 6.07) is 4.63. The molecule has 1 atom stereocenters. The van der Waals surface area contributed by atoms with Gasteiger partial charge in [-0.1, -0.05) is 13.8 Å². The molecule has 17 heavy (non-hydrogen) atoms. The molecule has 3 rings (SSSR count). The van der Waals surface area contributed by atoms with Crippen molar-refractivity contribution >= 4 is 11.2 Å². The second-order valence-corrected chi connectivity index (χ2v) is 5.19. The van der Waals surface area contributed by atoms with Crippen molar-refractivity contribution in [1.82, 2.24) is 14.5 Å². The Bertz CT molecular complexity index is 539. The van der Waals surface area contributed by atoms with Gasteiger partial charge in [-0.2, -0.15) is 0 Å². The van der Waals surface area contributed by atoms with E-state index in [1.165, 1.54) is 12.8 Å². The molecule has 1 saturated carbocycles. The first-order valence-corrected chi connectivity index (χ1v) is 6.27. The topological polar surface area (TPSA) is 56.7 Å². The van der Waals surface area contributed by atoms with Crippen molar-refractivity contribution in [3.63, 3.8) is 0 Å². The lowest BCUT2D eigenvalue weighted by molar-refractivity contribution is 0.470. The molecule has 2 aromatic rings. The minimum absolute atomic E-state index is 0.00944. The van der Waals surface area contributed by atoms with E-state index in [0.29, 0.717) is 12.0 Å². The summed E-state index contributed by atoms with van der Waals surface area (Å²) in [4.78, 5) is 8.95. The number of imidazole rings is 1. The van der Waals surface area contributed by atoms with Crippen molar-refractivity contribution in [2.75, 3.05) is 0 Å². The molecule has 4 nitrogen and oxygen atoms in total. The van der Waals surface area contributed by atoms with Crippen LogP contribution in [0.2, 0.25) is 0 Å². The highest BCUT2D eigenvalue weighted by Gasteiger charge is 2.30. The highest BCUT2D eigenvalue weighted by molar-refractivity contribution is 5.71. The zero-order valence-corrected chi connectivity index (χ0v) is 10.3. The zero-order valence-electron chi connectivity index (χ0n) is 10.3. The molecule has 1 fully saturated rings. The normalized spacial score (nSPS) is 17.9. The molecule has 0 spiro atoms. The summed E-state index contributed by atoms with van der Waals surface area (Å²) in [5.74, 6) is 1.39. The van der Waals surface area contributed by atoms with Crippen LogP contribution in [0.3, 0.4) is 0 Å². The predicted molar refractivity (Wildman–Crippen MR) is 67.6 cm³/mol. The summed E-state index contributed by atoms with van der Waals surface area (Å²) in [6.07, 6.45) is 4.26. The van der Waals surface area contributed by atoms with Gasteiger partial charge in [0.1, 0.15) is 5.82 Å². The molecule has 0 bridgehead atoms. The maximum absolute atomic E-state index is 6.26. The molecule has 2 aromatic heterocycles. The van der Waals surface area contributed by atoms with Gasteiger partial charge >= 0.3 is 0 Å². The summed E-state index contributed by atoms with van der Waals surface area (Å²) < 4.78 is 2.30. The maximum atomic E-state index is 6.26. The molecule has 0 amide bonds. The first-order valence-electron chi connectivity index (χ1n) is 6.27. The third-order valence-corrected chi connectivity index (χ3v) is 3.42. The number of fused-ring (bicyclic) bond motifs is 1. The Kier molecular flexibility index (Phi) is 2.40. The van der Waals surface area contributed by atoms with Gasteiger partial charge in [-0.25, -0.2) is 9.97 Å². The van der Waals surface area contributed by atoms with Gasteiger partial charge in [0, 0.05) is 12.2 Å². The zero-order chi connectivity index (χ0) is 12.0. The Morgan fingerprint density at radius 2 is 2.18 bits per heavy atom. The average molecular weight is 230 g/mol. The van der Waals surface area contributed by atoms with Crippen LogP contribution in [0.25, 0.3) is 11.2 Å². The second-order valence-electron chi connectivity index (χ2n) is 5.19. The molecule has 0 aromatic carbocycles. The van der Waals surface area contributed by atoms with E-state index < -0.39 is 0 Å². The van der Waals surface area contributed by atoms with Crippen LogP contribution in [0.4, 0.5) is 0 Å². The SMILES string of the molecule is CC(C)[C@H](N)c1nc2ncccc2n1C1CC1. The van der Waals surface area contributed by atoms with Gasteiger partial charge in [0.25, 0.3) is 0 Å². The third-order valence-electron chi connectivity index (χ3n) is 3.42. The number of aromatic nitrogens is 3. The Balaban J connectivity index is 2.19. The summed E-state index contributed by atoms with van der Waals surface area (Å²) >= 11 is 0. The lowest BCUT2D eigenvalue weighted by Crippen LogP contribution is -2.21. The van der Waals surface area contributed by atoms with Crippen molar-refractivity contribution in [2.24, 2.45) is 11.7 Å². The van der Waals surface area contributed by atoms with Crippen LogP contribution in [0, 0.1) is 5.92 Å². The molecule has 0 aliphatic heterocycles. The molecule has 1 aliphatic carbocycles. The molecule has 4 heteroatoms. The van der Waals surface area contributed by atoms with Crippen LogP contribution in [-0.2, 0) is 0 Å². The Hall–Kier alpha value is -1.42. The number of hydrogen-bond acceptors (Lipinski definition) is 3. The summed E-state index contributed by atoms with van der Waals surface area (Å²) in [5.41, 5.74) is 8.21. The van der Waals surface area contributed by atoms with Gasteiger partial charge in [-0.3, -0.25) is 0 Å². The van der Waals surface area contributed by atoms with E-state index in [1.54, 1.807) is 6.20 Å². The molecular formula is C13H18N4. The van der Waals surface area contributed by atoms with Crippen LogP contribution in [0.15, 0.2) is 18.3 Å². The van der Waals surface area contributed by atoms with Crippen LogP contribution < -0.4 is 5.73 Å². The summed E-state index contributed by atoms with van der Waals surface area (Å²) in [5, 5.41) is 0. The number of nitrogens with zero attached hydrogens (tertiary/aromatic N) is 3. The van der Waals surface area contributed by atoms with E-state index in [0.717, 1.165) is 17.0 Å². The molecule has 1 aliphatic rings. The van der Waals surface area contributed by atoms with E-state index in [1.807, 2.05) is 6.07 Å². The van der Waals surface area contributed by atoms with Crippen LogP contribution in [0.5, 0.6) is 0 Å². The van der Waals surface area contributed by atoms with Crippen molar-refractivity contribution in [2.45, 2.75) is 38.8 Å². The fourth-order valence-electron chi connectivity index (χ4n) is 2.20. The van der Waals surface area contributed by atoms with Crippen molar-refractivity contribution < 1.29 is 0 Å². The van der Waals surface area contributed by atoms with Gasteiger partial charge in [0.2, 0.25) is 0 Å². The minimum atomic E-state index is -0.00944. The molecule has 0 radical (unpaired) electrons. The van der Waals surface area contributed by atoms with E-state index in [9.17, 15) is 0 Å². The standard InChI is InChI=1S/C13H18N4/c1-8(2)11(14)13-16-12-10(4-3-7-15-12)17(13)9-5-6-9/h3-4,7-9,11H,5-6,14H2,1-2H3/t11-/m0/s1. The summed E-state index contributed by atoms with van der Waals surface area (Å²) in [7, 11) is 0. The largest absolute Gasteiger partial charge is 0.322 e. The lowest BCUT2D eigenvalue weighted by Gasteiger charge is -2.17. The maximum Gasteiger partial charge on any atom is 0.177 e. The van der Waals surface area contributed by atoms with E-state index in [2.05, 4.69) is 34.4 Å². The molecule has 90 valence electrons. The fraction of sp³-hybridized carbons (Fsp3) is 0.538. The van der Waals surface area contributed by atoms with Crippen LogP contribution in [0.1, 0.15) is 44.6 Å². The fourth-order valence-corrected chi connectivity index (χ4v) is 2.20. The summed E-state index contributed by atoms with van der Waals surface area (Å²) in [6.45, 7) is 4.27. The number of hydrogen-bond donors (Lipinski definition) is 1. The third kappa shape index (κ3) is 1.72. The quantitative estimate of drug-likeness (QED) is 0.881. The Labute approximate surface area is 101 Å². The first-order chi connectivity index (χ1) is 8.18. The molecule has 2 heterocycles. The van der Waals surface area contributed by atoms with Crippen molar-refractivity contribution in [3.05, 3.63) is 24.2 Å². The molecule has 0 saturated heterocycles. The van der Waals surface area contributed by atoms with E-state index >= 15 is 0 Å². The van der Waals surface area contributed by atoms with Crippen LogP contribution in [-0.4, -0.2) is 14.5 Å². The van der Waals surface area contributed by atoms with Crippen LogP contribution >= 0.6 is 0 Å².